The molecule has 3 aromatic rings. The molecule has 0 bridgehead atoms. The van der Waals surface area contributed by atoms with E-state index in [1.807, 2.05) is 60.4 Å². The van der Waals surface area contributed by atoms with Gasteiger partial charge in [-0.05, 0) is 35.7 Å². The Labute approximate surface area is 192 Å². The van der Waals surface area contributed by atoms with Crippen molar-refractivity contribution in [3.05, 3.63) is 88.5 Å². The standard InChI is InChI=1S/C27H25N3O3/c1-2-29-25(28)18-9-7-17(8-10-18)15-30-22-6-4-3-5-20(22)27(26(30)31)16-33-24-14-23-19(11-12-32-23)13-21(24)27/h3-10,13-14H,2,11-12,15-16H2,1H3,(H2,28,29). The lowest BCUT2D eigenvalue weighted by atomic mass is 9.76. The molecule has 0 saturated carbocycles. The van der Waals surface area contributed by atoms with Crippen molar-refractivity contribution in [2.24, 2.45) is 10.7 Å². The summed E-state index contributed by atoms with van der Waals surface area (Å²) in [4.78, 5) is 20.2. The first kappa shape index (κ1) is 19.9. The van der Waals surface area contributed by atoms with E-state index in [-0.39, 0.29) is 5.91 Å². The zero-order chi connectivity index (χ0) is 22.6. The Morgan fingerprint density at radius 1 is 1.06 bits per heavy atom. The topological polar surface area (TPSA) is 77.2 Å². The van der Waals surface area contributed by atoms with Gasteiger partial charge in [0.25, 0.3) is 0 Å². The van der Waals surface area contributed by atoms with Gasteiger partial charge < -0.3 is 20.1 Å². The zero-order valence-corrected chi connectivity index (χ0v) is 18.5. The van der Waals surface area contributed by atoms with Crippen LogP contribution >= 0.6 is 0 Å². The van der Waals surface area contributed by atoms with Crippen LogP contribution < -0.4 is 20.1 Å². The molecule has 0 fully saturated rings. The van der Waals surface area contributed by atoms with Crippen LogP contribution in [-0.4, -0.2) is 31.5 Å². The molecule has 3 aliphatic heterocycles. The number of hydrogen-bond acceptors (Lipinski definition) is 4. The molecule has 0 aliphatic carbocycles. The second-order valence-electron chi connectivity index (χ2n) is 8.71. The minimum Gasteiger partial charge on any atom is -0.493 e. The van der Waals surface area contributed by atoms with Gasteiger partial charge in [0, 0.05) is 35.8 Å². The van der Waals surface area contributed by atoms with Gasteiger partial charge in [-0.25, -0.2) is 0 Å². The maximum atomic E-state index is 14.1. The maximum Gasteiger partial charge on any atom is 0.246 e. The van der Waals surface area contributed by atoms with Crippen LogP contribution in [0.5, 0.6) is 11.5 Å². The molecule has 1 atom stereocenters. The fraction of sp³-hybridized carbons (Fsp3) is 0.259. The molecular weight excluding hydrogens is 414 g/mol. The third-order valence-corrected chi connectivity index (χ3v) is 6.88. The van der Waals surface area contributed by atoms with Gasteiger partial charge in [0.15, 0.2) is 0 Å². The van der Waals surface area contributed by atoms with E-state index in [0.29, 0.717) is 32.1 Å². The average molecular weight is 440 g/mol. The number of amides is 1. The van der Waals surface area contributed by atoms with Crippen LogP contribution in [0.2, 0.25) is 0 Å². The number of ether oxygens (including phenoxy) is 2. The van der Waals surface area contributed by atoms with E-state index in [0.717, 1.165) is 51.4 Å². The maximum absolute atomic E-state index is 14.1. The van der Waals surface area contributed by atoms with Crippen molar-refractivity contribution in [1.29, 1.82) is 0 Å². The molecule has 3 aromatic carbocycles. The van der Waals surface area contributed by atoms with Gasteiger partial charge in [-0.3, -0.25) is 9.79 Å². The van der Waals surface area contributed by atoms with E-state index in [9.17, 15) is 4.79 Å². The number of fused-ring (bicyclic) bond motifs is 5. The molecule has 1 amide bonds. The number of para-hydroxylation sites is 1. The normalized spacial score (nSPS) is 20.5. The van der Waals surface area contributed by atoms with Gasteiger partial charge in [-0.1, -0.05) is 42.5 Å². The molecule has 6 rings (SSSR count). The lowest BCUT2D eigenvalue weighted by Gasteiger charge is -2.23. The van der Waals surface area contributed by atoms with Crippen LogP contribution in [0, 0.1) is 0 Å². The highest BCUT2D eigenvalue weighted by Crippen LogP contribution is 2.54. The third kappa shape index (κ3) is 2.86. The molecule has 0 radical (unpaired) electrons. The van der Waals surface area contributed by atoms with Crippen LogP contribution in [0.15, 0.2) is 65.7 Å². The fourth-order valence-corrected chi connectivity index (χ4v) is 5.23. The van der Waals surface area contributed by atoms with Gasteiger partial charge in [0.1, 0.15) is 29.4 Å². The molecule has 6 nitrogen and oxygen atoms in total. The highest BCUT2D eigenvalue weighted by atomic mass is 16.5. The number of aliphatic imine (C=N–C) groups is 1. The van der Waals surface area contributed by atoms with E-state index in [2.05, 4.69) is 17.1 Å². The molecule has 2 N–H and O–H groups in total. The first-order valence-electron chi connectivity index (χ1n) is 11.4. The number of carbonyl (C=O) groups excluding carboxylic acids is 1. The summed E-state index contributed by atoms with van der Waals surface area (Å²) in [5.41, 5.74) is 11.2. The lowest BCUT2D eigenvalue weighted by Crippen LogP contribution is -2.42. The number of nitrogens with zero attached hydrogens (tertiary/aromatic N) is 2. The average Bonchev–Trinajstić information content (AvgIpc) is 3.51. The second kappa shape index (κ2) is 7.37. The number of benzene rings is 3. The Bertz CT molecular complexity index is 1300. The van der Waals surface area contributed by atoms with Gasteiger partial charge in [0.2, 0.25) is 5.91 Å². The summed E-state index contributed by atoms with van der Waals surface area (Å²) in [6.07, 6.45) is 0.856. The number of amidine groups is 1. The molecule has 1 unspecified atom stereocenters. The highest BCUT2D eigenvalue weighted by Gasteiger charge is 2.57. The van der Waals surface area contributed by atoms with Gasteiger partial charge in [0.05, 0.1) is 13.2 Å². The number of nitrogens with two attached hydrogens (primary N) is 1. The quantitative estimate of drug-likeness (QED) is 0.498. The van der Waals surface area contributed by atoms with Crippen molar-refractivity contribution in [3.63, 3.8) is 0 Å². The predicted molar refractivity (Wildman–Crippen MR) is 127 cm³/mol. The molecule has 6 heteroatoms. The first-order chi connectivity index (χ1) is 16.1. The van der Waals surface area contributed by atoms with Crippen molar-refractivity contribution in [2.45, 2.75) is 25.3 Å². The summed E-state index contributed by atoms with van der Waals surface area (Å²) in [6, 6.07) is 20.1. The van der Waals surface area contributed by atoms with E-state index in [1.165, 1.54) is 0 Å². The van der Waals surface area contributed by atoms with Gasteiger partial charge in [-0.2, -0.15) is 0 Å². The summed E-state index contributed by atoms with van der Waals surface area (Å²) in [7, 11) is 0. The molecule has 3 aliphatic rings. The Morgan fingerprint density at radius 3 is 2.70 bits per heavy atom. The SMILES string of the molecule is CCN=C(N)c1ccc(CN2C(=O)C3(COc4cc5c(cc43)CCO5)c3ccccc32)cc1. The van der Waals surface area contributed by atoms with Gasteiger partial charge in [-0.15, -0.1) is 0 Å². The molecule has 166 valence electrons. The van der Waals surface area contributed by atoms with E-state index < -0.39 is 5.41 Å². The molecule has 3 heterocycles. The molecule has 33 heavy (non-hydrogen) atoms. The summed E-state index contributed by atoms with van der Waals surface area (Å²) in [5.74, 6) is 2.20. The second-order valence-corrected chi connectivity index (χ2v) is 8.71. The summed E-state index contributed by atoms with van der Waals surface area (Å²) in [5, 5.41) is 0. The minimum absolute atomic E-state index is 0.0532. The minimum atomic E-state index is -0.818. The fourth-order valence-electron chi connectivity index (χ4n) is 5.23. The number of anilines is 1. The lowest BCUT2D eigenvalue weighted by molar-refractivity contribution is -0.122. The molecule has 0 saturated heterocycles. The molecule has 0 aromatic heterocycles. The van der Waals surface area contributed by atoms with Crippen LogP contribution in [0.25, 0.3) is 0 Å². The summed E-state index contributed by atoms with van der Waals surface area (Å²) >= 11 is 0. The number of rotatable bonds is 4. The zero-order valence-electron chi connectivity index (χ0n) is 18.5. The van der Waals surface area contributed by atoms with Crippen molar-refractivity contribution in [3.8, 4) is 11.5 Å². The smallest absolute Gasteiger partial charge is 0.246 e. The number of carbonyl (C=O) groups is 1. The highest BCUT2D eigenvalue weighted by molar-refractivity contribution is 6.11. The third-order valence-electron chi connectivity index (χ3n) is 6.88. The number of hydrogen-bond donors (Lipinski definition) is 1. The van der Waals surface area contributed by atoms with Crippen LogP contribution in [0.1, 0.15) is 34.7 Å². The van der Waals surface area contributed by atoms with Crippen molar-refractivity contribution in [2.75, 3.05) is 24.7 Å². The summed E-state index contributed by atoms with van der Waals surface area (Å²) < 4.78 is 11.8. The van der Waals surface area contributed by atoms with Crippen molar-refractivity contribution < 1.29 is 14.3 Å². The summed E-state index contributed by atoms with van der Waals surface area (Å²) in [6.45, 7) is 4.06. The Balaban J connectivity index is 1.39. The molecular formula is C27H25N3O3. The van der Waals surface area contributed by atoms with Crippen LogP contribution in [-0.2, 0) is 23.2 Å². The van der Waals surface area contributed by atoms with Crippen LogP contribution in [0.3, 0.4) is 0 Å². The van der Waals surface area contributed by atoms with Crippen molar-refractivity contribution >= 4 is 17.4 Å². The van der Waals surface area contributed by atoms with E-state index in [4.69, 9.17) is 15.2 Å². The Hall–Kier alpha value is -3.80. The largest absolute Gasteiger partial charge is 0.493 e. The molecule has 1 spiro atoms. The monoisotopic (exact) mass is 439 g/mol. The Kier molecular flexibility index (Phi) is 4.43. The van der Waals surface area contributed by atoms with Gasteiger partial charge >= 0.3 is 0 Å². The first-order valence-corrected chi connectivity index (χ1v) is 11.4. The Morgan fingerprint density at radius 2 is 1.88 bits per heavy atom. The van der Waals surface area contributed by atoms with Crippen LogP contribution in [0.4, 0.5) is 5.69 Å². The van der Waals surface area contributed by atoms with E-state index >= 15 is 0 Å². The van der Waals surface area contributed by atoms with Crippen molar-refractivity contribution in [1.82, 2.24) is 0 Å². The van der Waals surface area contributed by atoms with E-state index in [1.54, 1.807) is 0 Å². The predicted octanol–water partition coefficient (Wildman–Crippen LogP) is 3.57.